The number of hydrogen-bond donors (Lipinski definition) is 1. The standard InChI is InChI=1S/C9H16O/c1-7-3-6-9(8(7)10)4-2-5-9/h7-8,10H,2-6H2,1H3. The average Bonchev–Trinajstić information content (AvgIpc) is 2.10. The van der Waals surface area contributed by atoms with Crippen molar-refractivity contribution in [2.24, 2.45) is 11.3 Å². The molecule has 0 radical (unpaired) electrons. The second-order valence-electron chi connectivity index (χ2n) is 4.18. The van der Waals surface area contributed by atoms with Crippen molar-refractivity contribution in [3.05, 3.63) is 0 Å². The summed E-state index contributed by atoms with van der Waals surface area (Å²) in [5.41, 5.74) is 0.402. The first-order valence-electron chi connectivity index (χ1n) is 4.43. The lowest BCUT2D eigenvalue weighted by Crippen LogP contribution is -2.38. The maximum atomic E-state index is 9.77. The molecule has 1 spiro atoms. The Kier molecular flexibility index (Phi) is 1.31. The molecule has 58 valence electrons. The fraction of sp³-hybridized carbons (Fsp3) is 1.00. The van der Waals surface area contributed by atoms with Gasteiger partial charge in [0.25, 0.3) is 0 Å². The highest BCUT2D eigenvalue weighted by atomic mass is 16.3. The van der Waals surface area contributed by atoms with Crippen LogP contribution < -0.4 is 0 Å². The zero-order chi connectivity index (χ0) is 7.19. The van der Waals surface area contributed by atoms with E-state index in [1.54, 1.807) is 0 Å². The lowest BCUT2D eigenvalue weighted by atomic mass is 9.66. The molecule has 0 amide bonds. The molecule has 10 heavy (non-hydrogen) atoms. The van der Waals surface area contributed by atoms with E-state index in [1.807, 2.05) is 0 Å². The number of rotatable bonds is 0. The van der Waals surface area contributed by atoms with Crippen molar-refractivity contribution in [1.82, 2.24) is 0 Å². The van der Waals surface area contributed by atoms with Crippen molar-refractivity contribution in [3.63, 3.8) is 0 Å². The number of aliphatic hydroxyl groups excluding tert-OH is 1. The Balaban J connectivity index is 2.10. The van der Waals surface area contributed by atoms with E-state index < -0.39 is 0 Å². The molecule has 2 aliphatic rings. The highest BCUT2D eigenvalue weighted by Gasteiger charge is 2.49. The van der Waals surface area contributed by atoms with Gasteiger partial charge in [-0.25, -0.2) is 0 Å². The van der Waals surface area contributed by atoms with Gasteiger partial charge in [0.2, 0.25) is 0 Å². The topological polar surface area (TPSA) is 20.2 Å². The molecular weight excluding hydrogens is 124 g/mol. The van der Waals surface area contributed by atoms with E-state index in [2.05, 4.69) is 6.92 Å². The minimum absolute atomic E-state index is 0.0289. The summed E-state index contributed by atoms with van der Waals surface area (Å²) in [4.78, 5) is 0. The molecule has 2 saturated carbocycles. The minimum atomic E-state index is 0.0289. The Morgan fingerprint density at radius 1 is 1.30 bits per heavy atom. The Morgan fingerprint density at radius 2 is 2.00 bits per heavy atom. The first-order chi connectivity index (χ1) is 4.75. The quantitative estimate of drug-likeness (QED) is 0.545. The third-order valence-electron chi connectivity index (χ3n) is 3.61. The van der Waals surface area contributed by atoms with E-state index in [9.17, 15) is 5.11 Å². The molecule has 2 unspecified atom stereocenters. The monoisotopic (exact) mass is 140 g/mol. The van der Waals surface area contributed by atoms with E-state index in [0.29, 0.717) is 11.3 Å². The van der Waals surface area contributed by atoms with Gasteiger partial charge in [-0.2, -0.15) is 0 Å². The van der Waals surface area contributed by atoms with Gasteiger partial charge >= 0.3 is 0 Å². The summed E-state index contributed by atoms with van der Waals surface area (Å²) in [7, 11) is 0. The lowest BCUT2D eigenvalue weighted by molar-refractivity contribution is -0.0252. The summed E-state index contributed by atoms with van der Waals surface area (Å²) in [6.45, 7) is 2.18. The van der Waals surface area contributed by atoms with Gasteiger partial charge in [0, 0.05) is 0 Å². The van der Waals surface area contributed by atoms with Gasteiger partial charge in [0.05, 0.1) is 6.10 Å². The van der Waals surface area contributed by atoms with E-state index in [4.69, 9.17) is 0 Å². The van der Waals surface area contributed by atoms with Crippen LogP contribution in [0.4, 0.5) is 0 Å². The molecular formula is C9H16O. The number of hydrogen-bond acceptors (Lipinski definition) is 1. The third-order valence-corrected chi connectivity index (χ3v) is 3.61. The van der Waals surface area contributed by atoms with Gasteiger partial charge in [0.15, 0.2) is 0 Å². The molecule has 0 aromatic heterocycles. The van der Waals surface area contributed by atoms with Gasteiger partial charge < -0.3 is 5.11 Å². The van der Waals surface area contributed by atoms with Crippen LogP contribution in [-0.4, -0.2) is 11.2 Å². The molecule has 1 heteroatoms. The maximum absolute atomic E-state index is 9.77. The predicted molar refractivity (Wildman–Crippen MR) is 40.7 cm³/mol. The number of aliphatic hydroxyl groups is 1. The molecule has 0 saturated heterocycles. The SMILES string of the molecule is CC1CCC2(CCC2)C1O. The molecule has 2 fully saturated rings. The molecule has 0 aromatic carbocycles. The fourth-order valence-corrected chi connectivity index (χ4v) is 2.60. The molecule has 2 rings (SSSR count). The van der Waals surface area contributed by atoms with Crippen molar-refractivity contribution >= 4 is 0 Å². The minimum Gasteiger partial charge on any atom is -0.392 e. The van der Waals surface area contributed by atoms with E-state index in [1.165, 1.54) is 32.1 Å². The van der Waals surface area contributed by atoms with Gasteiger partial charge in [-0.3, -0.25) is 0 Å². The Morgan fingerprint density at radius 3 is 2.20 bits per heavy atom. The van der Waals surface area contributed by atoms with Crippen molar-refractivity contribution < 1.29 is 5.11 Å². The van der Waals surface area contributed by atoms with Crippen molar-refractivity contribution in [2.75, 3.05) is 0 Å². The van der Waals surface area contributed by atoms with E-state index in [-0.39, 0.29) is 6.10 Å². The highest BCUT2D eigenvalue weighted by Crippen LogP contribution is 2.54. The Labute approximate surface area is 62.4 Å². The van der Waals surface area contributed by atoms with Crippen LogP contribution in [0.1, 0.15) is 39.0 Å². The summed E-state index contributed by atoms with van der Waals surface area (Å²) in [6.07, 6.45) is 6.50. The zero-order valence-corrected chi connectivity index (χ0v) is 6.64. The van der Waals surface area contributed by atoms with Crippen LogP contribution in [0, 0.1) is 11.3 Å². The summed E-state index contributed by atoms with van der Waals surface area (Å²) in [6, 6.07) is 0. The highest BCUT2D eigenvalue weighted by molar-refractivity contribution is 5.00. The van der Waals surface area contributed by atoms with Gasteiger partial charge in [-0.15, -0.1) is 0 Å². The maximum Gasteiger partial charge on any atom is 0.0621 e. The van der Waals surface area contributed by atoms with Crippen LogP contribution in [0.25, 0.3) is 0 Å². The van der Waals surface area contributed by atoms with E-state index >= 15 is 0 Å². The molecule has 0 aliphatic heterocycles. The fourth-order valence-electron chi connectivity index (χ4n) is 2.60. The normalized spacial score (nSPS) is 43.8. The molecule has 0 aromatic rings. The van der Waals surface area contributed by atoms with Gasteiger partial charge in [-0.1, -0.05) is 13.3 Å². The van der Waals surface area contributed by atoms with Crippen LogP contribution in [0.2, 0.25) is 0 Å². The summed E-state index contributed by atoms with van der Waals surface area (Å²) >= 11 is 0. The van der Waals surface area contributed by atoms with Crippen LogP contribution in [-0.2, 0) is 0 Å². The third kappa shape index (κ3) is 0.672. The largest absolute Gasteiger partial charge is 0.392 e. The molecule has 0 heterocycles. The Bertz CT molecular complexity index is 138. The van der Waals surface area contributed by atoms with Crippen LogP contribution in [0.5, 0.6) is 0 Å². The lowest BCUT2D eigenvalue weighted by Gasteiger charge is -2.42. The van der Waals surface area contributed by atoms with Crippen LogP contribution >= 0.6 is 0 Å². The zero-order valence-electron chi connectivity index (χ0n) is 6.64. The van der Waals surface area contributed by atoms with Crippen LogP contribution in [0.15, 0.2) is 0 Å². The van der Waals surface area contributed by atoms with Gasteiger partial charge in [-0.05, 0) is 37.0 Å². The summed E-state index contributed by atoms with van der Waals surface area (Å²) in [5, 5.41) is 9.77. The summed E-state index contributed by atoms with van der Waals surface area (Å²) < 4.78 is 0. The van der Waals surface area contributed by atoms with Crippen molar-refractivity contribution in [2.45, 2.75) is 45.1 Å². The molecule has 2 atom stereocenters. The van der Waals surface area contributed by atoms with Gasteiger partial charge in [0.1, 0.15) is 0 Å². The second-order valence-corrected chi connectivity index (χ2v) is 4.18. The Hall–Kier alpha value is -0.0400. The molecule has 1 N–H and O–H groups in total. The smallest absolute Gasteiger partial charge is 0.0621 e. The molecule has 0 bridgehead atoms. The van der Waals surface area contributed by atoms with Crippen molar-refractivity contribution in [1.29, 1.82) is 0 Å². The molecule has 2 aliphatic carbocycles. The first-order valence-corrected chi connectivity index (χ1v) is 4.43. The molecule has 1 nitrogen and oxygen atoms in total. The average molecular weight is 140 g/mol. The predicted octanol–water partition coefficient (Wildman–Crippen LogP) is 1.95. The van der Waals surface area contributed by atoms with Crippen LogP contribution in [0.3, 0.4) is 0 Å². The summed E-state index contributed by atoms with van der Waals surface area (Å²) in [5.74, 6) is 0.570. The van der Waals surface area contributed by atoms with E-state index in [0.717, 1.165) is 0 Å². The first kappa shape index (κ1) is 6.66. The second kappa shape index (κ2) is 1.97. The van der Waals surface area contributed by atoms with Crippen molar-refractivity contribution in [3.8, 4) is 0 Å².